The second-order valence-electron chi connectivity index (χ2n) is 9.86. The van der Waals surface area contributed by atoms with Gasteiger partial charge in [0.1, 0.15) is 5.69 Å². The summed E-state index contributed by atoms with van der Waals surface area (Å²) in [5.74, 6) is -0.939. The maximum Gasteiger partial charge on any atom is 0.435 e. The number of carbonyl (C=O) groups is 3. The third-order valence-corrected chi connectivity index (χ3v) is 6.68. The van der Waals surface area contributed by atoms with E-state index >= 15 is 0 Å². The number of carboxylic acid groups (broad SMARTS) is 1. The van der Waals surface area contributed by atoms with Crippen LogP contribution in [0.15, 0.2) is 84.9 Å². The summed E-state index contributed by atoms with van der Waals surface area (Å²) in [6.45, 7) is -0.0925. The highest BCUT2D eigenvalue weighted by atomic mass is 19.4. The Balaban J connectivity index is 1.44. The average molecular weight is 578 g/mol. The van der Waals surface area contributed by atoms with E-state index in [0.717, 1.165) is 23.1 Å². The zero-order chi connectivity index (χ0) is 29.9. The molecule has 1 heterocycles. The predicted octanol–water partition coefficient (Wildman–Crippen LogP) is 5.53. The molecule has 4 aromatic rings. The first-order valence-corrected chi connectivity index (χ1v) is 13.1. The summed E-state index contributed by atoms with van der Waals surface area (Å²) >= 11 is 0. The van der Waals surface area contributed by atoms with Crippen LogP contribution >= 0.6 is 0 Å². The van der Waals surface area contributed by atoms with Crippen LogP contribution in [0.5, 0.6) is 0 Å². The first-order valence-electron chi connectivity index (χ1n) is 13.1. The lowest BCUT2D eigenvalue weighted by Gasteiger charge is -2.21. The van der Waals surface area contributed by atoms with Crippen LogP contribution in [0.2, 0.25) is 0 Å². The average Bonchev–Trinajstić information content (AvgIpc) is 3.72. The van der Waals surface area contributed by atoms with Gasteiger partial charge in [0.25, 0.3) is 5.91 Å². The van der Waals surface area contributed by atoms with Crippen molar-refractivity contribution in [3.8, 4) is 5.69 Å². The van der Waals surface area contributed by atoms with Crippen LogP contribution in [0.4, 0.5) is 23.7 Å². The van der Waals surface area contributed by atoms with Gasteiger partial charge in [-0.2, -0.15) is 18.3 Å². The van der Waals surface area contributed by atoms with Crippen LogP contribution in [0.1, 0.15) is 51.8 Å². The molecule has 0 aliphatic heterocycles. The van der Waals surface area contributed by atoms with E-state index in [-0.39, 0.29) is 29.8 Å². The fourth-order valence-electron chi connectivity index (χ4n) is 4.46. The van der Waals surface area contributed by atoms with E-state index in [1.165, 1.54) is 18.2 Å². The molecule has 3 aromatic carbocycles. The molecule has 1 aliphatic rings. The lowest BCUT2D eigenvalue weighted by atomic mass is 9.98. The third kappa shape index (κ3) is 6.77. The predicted molar refractivity (Wildman–Crippen MR) is 147 cm³/mol. The molecule has 3 amide bonds. The second kappa shape index (κ2) is 11.8. The number of hydrogen-bond acceptors (Lipinski definition) is 4. The molecule has 5 rings (SSSR count). The molecule has 12 heteroatoms. The van der Waals surface area contributed by atoms with Gasteiger partial charge in [-0.3, -0.25) is 9.59 Å². The largest absolute Gasteiger partial charge is 0.465 e. The van der Waals surface area contributed by atoms with Crippen molar-refractivity contribution in [3.63, 3.8) is 0 Å². The van der Waals surface area contributed by atoms with Crippen LogP contribution in [-0.2, 0) is 17.5 Å². The molecule has 1 saturated carbocycles. The molecular formula is C30H26F3N5O4. The molecule has 1 aromatic heterocycles. The highest BCUT2D eigenvalue weighted by Gasteiger charge is 2.36. The minimum Gasteiger partial charge on any atom is -0.465 e. The number of amides is 3. The number of hydrogen-bond donors (Lipinski definition) is 4. The van der Waals surface area contributed by atoms with E-state index in [1.54, 1.807) is 30.3 Å². The van der Waals surface area contributed by atoms with E-state index < -0.39 is 29.9 Å². The number of nitrogens with one attached hydrogen (secondary N) is 3. The lowest BCUT2D eigenvalue weighted by Crippen LogP contribution is -2.30. The van der Waals surface area contributed by atoms with Gasteiger partial charge in [-0.1, -0.05) is 54.6 Å². The first-order chi connectivity index (χ1) is 20.1. The molecule has 0 bridgehead atoms. The summed E-state index contributed by atoms with van der Waals surface area (Å²) in [5.41, 5.74) is 0.774. The molecule has 4 N–H and O–H groups in total. The van der Waals surface area contributed by atoms with Crippen molar-refractivity contribution in [2.24, 2.45) is 5.92 Å². The molecule has 1 unspecified atom stereocenters. The van der Waals surface area contributed by atoms with Crippen molar-refractivity contribution in [1.29, 1.82) is 0 Å². The molecule has 0 spiro atoms. The van der Waals surface area contributed by atoms with Crippen molar-refractivity contribution in [3.05, 3.63) is 113 Å². The Morgan fingerprint density at radius 1 is 0.929 bits per heavy atom. The SMILES string of the molecule is O=C(O)NCc1cccc(-n2nc(C(F)(F)F)cc2C(=O)Nc2cccc(C(NC(=O)C3CC3)c3ccccc3)c2)c1. The van der Waals surface area contributed by atoms with Crippen LogP contribution in [0, 0.1) is 5.92 Å². The number of alkyl halides is 3. The molecule has 1 atom stereocenters. The van der Waals surface area contributed by atoms with Gasteiger partial charge in [-0.25, -0.2) is 9.48 Å². The first kappa shape index (κ1) is 28.4. The normalized spacial score (nSPS) is 13.7. The molecule has 0 saturated heterocycles. The van der Waals surface area contributed by atoms with Gasteiger partial charge < -0.3 is 21.1 Å². The molecule has 1 aliphatic carbocycles. The minimum absolute atomic E-state index is 0.0272. The summed E-state index contributed by atoms with van der Waals surface area (Å²) in [6.07, 6.45) is -4.42. The Kier molecular flexibility index (Phi) is 7.96. The topological polar surface area (TPSA) is 125 Å². The van der Waals surface area contributed by atoms with Crippen molar-refractivity contribution < 1.29 is 32.7 Å². The lowest BCUT2D eigenvalue weighted by molar-refractivity contribution is -0.141. The van der Waals surface area contributed by atoms with Crippen LogP contribution in [-0.4, -0.2) is 32.8 Å². The van der Waals surface area contributed by atoms with Gasteiger partial charge in [-0.05, 0) is 53.8 Å². The summed E-state index contributed by atoms with van der Waals surface area (Å²) in [6, 6.07) is 22.2. The Labute approximate surface area is 238 Å². The number of halogens is 3. The number of anilines is 1. The van der Waals surface area contributed by atoms with Crippen LogP contribution in [0.3, 0.4) is 0 Å². The van der Waals surface area contributed by atoms with E-state index in [9.17, 15) is 27.6 Å². The zero-order valence-electron chi connectivity index (χ0n) is 22.1. The molecular weight excluding hydrogens is 551 g/mol. The molecule has 216 valence electrons. The Hall–Kier alpha value is -5.13. The van der Waals surface area contributed by atoms with Crippen molar-refractivity contribution in [1.82, 2.24) is 20.4 Å². The Bertz CT molecular complexity index is 1620. The summed E-state index contributed by atoms with van der Waals surface area (Å²) in [7, 11) is 0. The van der Waals surface area contributed by atoms with E-state index in [0.29, 0.717) is 22.9 Å². The third-order valence-electron chi connectivity index (χ3n) is 6.68. The second-order valence-corrected chi connectivity index (χ2v) is 9.86. The summed E-state index contributed by atoms with van der Waals surface area (Å²) in [4.78, 5) is 36.9. The molecule has 9 nitrogen and oxygen atoms in total. The number of nitrogens with zero attached hydrogens (tertiary/aromatic N) is 2. The Morgan fingerprint density at radius 2 is 1.64 bits per heavy atom. The maximum atomic E-state index is 13.6. The number of rotatable bonds is 9. The van der Waals surface area contributed by atoms with E-state index in [2.05, 4.69) is 21.0 Å². The highest BCUT2D eigenvalue weighted by molar-refractivity contribution is 6.03. The summed E-state index contributed by atoms with van der Waals surface area (Å²) in [5, 5.41) is 20.4. The van der Waals surface area contributed by atoms with Gasteiger partial charge in [-0.15, -0.1) is 0 Å². The van der Waals surface area contributed by atoms with E-state index in [1.807, 2.05) is 30.3 Å². The van der Waals surface area contributed by atoms with Crippen molar-refractivity contribution in [2.45, 2.75) is 31.6 Å². The van der Waals surface area contributed by atoms with Gasteiger partial charge in [0.05, 0.1) is 11.7 Å². The minimum atomic E-state index is -4.81. The maximum absolute atomic E-state index is 13.6. The quantitative estimate of drug-likeness (QED) is 0.208. The van der Waals surface area contributed by atoms with Gasteiger partial charge >= 0.3 is 12.3 Å². The van der Waals surface area contributed by atoms with Crippen molar-refractivity contribution in [2.75, 3.05) is 5.32 Å². The standard InChI is InChI=1S/C30H26F3N5O4/c31-30(32,33)25-16-24(38(37-25)23-11-4-6-18(14-23)17-34-29(41)42)28(40)35-22-10-5-9-21(15-22)26(19-7-2-1-3-8-19)36-27(39)20-12-13-20/h1-11,14-16,20,26,34H,12-13,17H2,(H,35,40)(H,36,39)(H,41,42). The molecule has 0 radical (unpaired) electrons. The van der Waals surface area contributed by atoms with Crippen molar-refractivity contribution >= 4 is 23.6 Å². The van der Waals surface area contributed by atoms with Gasteiger partial charge in [0, 0.05) is 24.2 Å². The number of benzene rings is 3. The van der Waals surface area contributed by atoms with Gasteiger partial charge in [0.15, 0.2) is 5.69 Å². The molecule has 42 heavy (non-hydrogen) atoms. The van der Waals surface area contributed by atoms with Crippen LogP contribution in [0.25, 0.3) is 5.69 Å². The van der Waals surface area contributed by atoms with E-state index in [4.69, 9.17) is 5.11 Å². The fraction of sp³-hybridized carbons (Fsp3) is 0.200. The van der Waals surface area contributed by atoms with Crippen LogP contribution < -0.4 is 16.0 Å². The Morgan fingerprint density at radius 3 is 2.33 bits per heavy atom. The highest BCUT2D eigenvalue weighted by Crippen LogP contribution is 2.32. The summed E-state index contributed by atoms with van der Waals surface area (Å²) < 4.78 is 41.8. The smallest absolute Gasteiger partial charge is 0.435 e. The zero-order valence-corrected chi connectivity index (χ0v) is 22.1. The molecule has 1 fully saturated rings. The monoisotopic (exact) mass is 577 g/mol. The number of aromatic nitrogens is 2. The van der Waals surface area contributed by atoms with Gasteiger partial charge in [0.2, 0.25) is 5.91 Å². The fourth-order valence-corrected chi connectivity index (χ4v) is 4.46. The number of carbonyl (C=O) groups excluding carboxylic acids is 2.